The highest BCUT2D eigenvalue weighted by Crippen LogP contribution is 2.36. The van der Waals surface area contributed by atoms with E-state index in [-0.39, 0.29) is 0 Å². The van der Waals surface area contributed by atoms with Crippen molar-refractivity contribution in [2.75, 3.05) is 32.7 Å². The number of fused-ring (bicyclic) bond motifs is 1. The third-order valence-corrected chi connectivity index (χ3v) is 5.55. The van der Waals surface area contributed by atoms with E-state index in [2.05, 4.69) is 17.1 Å². The largest absolute Gasteiger partial charge is 0.316 e. The van der Waals surface area contributed by atoms with Crippen molar-refractivity contribution < 1.29 is 0 Å². The maximum absolute atomic E-state index is 3.54. The van der Waals surface area contributed by atoms with Crippen molar-refractivity contribution in [1.82, 2.24) is 10.2 Å². The van der Waals surface area contributed by atoms with E-state index in [1.165, 1.54) is 64.8 Å². The molecule has 0 aromatic heterocycles. The van der Waals surface area contributed by atoms with E-state index in [1.54, 1.807) is 0 Å². The molecule has 1 N–H and O–H groups in total. The summed E-state index contributed by atoms with van der Waals surface area (Å²) in [7, 11) is 0. The molecule has 4 atom stereocenters. The smallest absolute Gasteiger partial charge is 0.00249 e. The second kappa shape index (κ2) is 5.27. The number of hydrogen-bond acceptors (Lipinski definition) is 2. The standard InChI is InChI=1S/C15H28N2/c1-12-8-16-9-15(12)11-17-7-6-13-4-2-3-5-14(13)10-17/h12-16H,2-11H2,1H3/t12-,13?,14?,15+/m1/s1. The lowest BCUT2D eigenvalue weighted by atomic mass is 9.75. The van der Waals surface area contributed by atoms with Crippen LogP contribution in [0.4, 0.5) is 0 Å². The fourth-order valence-corrected chi connectivity index (χ4v) is 4.28. The summed E-state index contributed by atoms with van der Waals surface area (Å²) in [5, 5.41) is 3.54. The van der Waals surface area contributed by atoms with Crippen LogP contribution in [0.3, 0.4) is 0 Å². The molecule has 2 saturated heterocycles. The monoisotopic (exact) mass is 236 g/mol. The second-order valence-corrected chi connectivity index (χ2v) is 6.75. The van der Waals surface area contributed by atoms with Gasteiger partial charge in [-0.3, -0.25) is 0 Å². The molecule has 3 rings (SSSR count). The molecule has 1 saturated carbocycles. The highest BCUT2D eigenvalue weighted by atomic mass is 15.1. The number of piperidine rings is 1. The Bertz CT molecular complexity index is 253. The first kappa shape index (κ1) is 12.0. The van der Waals surface area contributed by atoms with Crippen LogP contribution in [-0.2, 0) is 0 Å². The van der Waals surface area contributed by atoms with Crippen molar-refractivity contribution in [1.29, 1.82) is 0 Å². The number of nitrogens with one attached hydrogen (secondary N) is 1. The molecule has 2 nitrogen and oxygen atoms in total. The van der Waals surface area contributed by atoms with Gasteiger partial charge in [-0.05, 0) is 56.1 Å². The van der Waals surface area contributed by atoms with E-state index in [4.69, 9.17) is 0 Å². The third-order valence-electron chi connectivity index (χ3n) is 5.55. The van der Waals surface area contributed by atoms with Gasteiger partial charge in [0.2, 0.25) is 0 Å². The molecule has 98 valence electrons. The van der Waals surface area contributed by atoms with Crippen molar-refractivity contribution in [2.45, 2.75) is 39.0 Å². The van der Waals surface area contributed by atoms with E-state index in [9.17, 15) is 0 Å². The second-order valence-electron chi connectivity index (χ2n) is 6.75. The summed E-state index contributed by atoms with van der Waals surface area (Å²) in [5.41, 5.74) is 0. The van der Waals surface area contributed by atoms with Crippen LogP contribution in [0, 0.1) is 23.7 Å². The highest BCUT2D eigenvalue weighted by Gasteiger charge is 2.33. The van der Waals surface area contributed by atoms with Crippen LogP contribution in [0.5, 0.6) is 0 Å². The zero-order valence-corrected chi connectivity index (χ0v) is 11.3. The summed E-state index contributed by atoms with van der Waals surface area (Å²) in [6.07, 6.45) is 7.53. The molecule has 0 spiro atoms. The van der Waals surface area contributed by atoms with Gasteiger partial charge in [0, 0.05) is 13.1 Å². The quantitative estimate of drug-likeness (QED) is 0.792. The summed E-state index contributed by atoms with van der Waals surface area (Å²) in [4.78, 5) is 2.78. The zero-order chi connectivity index (χ0) is 11.7. The average molecular weight is 236 g/mol. The molecule has 0 radical (unpaired) electrons. The molecule has 0 aromatic carbocycles. The van der Waals surface area contributed by atoms with Gasteiger partial charge in [-0.15, -0.1) is 0 Å². The van der Waals surface area contributed by atoms with Gasteiger partial charge in [0.15, 0.2) is 0 Å². The van der Waals surface area contributed by atoms with Crippen molar-refractivity contribution >= 4 is 0 Å². The number of likely N-dealkylation sites (tertiary alicyclic amines) is 1. The van der Waals surface area contributed by atoms with Gasteiger partial charge in [0.1, 0.15) is 0 Å². The van der Waals surface area contributed by atoms with Gasteiger partial charge in [-0.2, -0.15) is 0 Å². The summed E-state index contributed by atoms with van der Waals surface area (Å²) in [5.74, 6) is 3.93. The Balaban J connectivity index is 1.51. The molecular weight excluding hydrogens is 208 g/mol. The Kier molecular flexibility index (Phi) is 3.72. The molecule has 2 heterocycles. The van der Waals surface area contributed by atoms with Crippen molar-refractivity contribution in [3.05, 3.63) is 0 Å². The van der Waals surface area contributed by atoms with Gasteiger partial charge in [0.05, 0.1) is 0 Å². The molecule has 2 unspecified atom stereocenters. The van der Waals surface area contributed by atoms with E-state index < -0.39 is 0 Å². The Hall–Kier alpha value is -0.0800. The first-order valence-corrected chi connectivity index (χ1v) is 7.76. The normalized spacial score (nSPS) is 43.6. The first-order chi connectivity index (χ1) is 8.33. The molecule has 3 fully saturated rings. The van der Waals surface area contributed by atoms with Gasteiger partial charge in [-0.1, -0.05) is 26.2 Å². The lowest BCUT2D eigenvalue weighted by molar-refractivity contribution is 0.0735. The minimum Gasteiger partial charge on any atom is -0.316 e. The lowest BCUT2D eigenvalue weighted by Gasteiger charge is -2.42. The molecule has 0 aromatic rings. The van der Waals surface area contributed by atoms with E-state index in [0.717, 1.165) is 23.7 Å². The van der Waals surface area contributed by atoms with Gasteiger partial charge in [0.25, 0.3) is 0 Å². The minimum atomic E-state index is 0.888. The Morgan fingerprint density at radius 3 is 2.65 bits per heavy atom. The molecule has 3 aliphatic rings. The maximum atomic E-state index is 3.54. The van der Waals surface area contributed by atoms with Gasteiger partial charge < -0.3 is 10.2 Å². The lowest BCUT2D eigenvalue weighted by Crippen LogP contribution is -2.44. The molecule has 2 aliphatic heterocycles. The fourth-order valence-electron chi connectivity index (χ4n) is 4.28. The third kappa shape index (κ3) is 2.68. The minimum absolute atomic E-state index is 0.888. The van der Waals surface area contributed by atoms with Crippen LogP contribution in [0.2, 0.25) is 0 Å². The van der Waals surface area contributed by atoms with Crippen molar-refractivity contribution in [3.63, 3.8) is 0 Å². The predicted octanol–water partition coefficient (Wildman–Crippen LogP) is 2.35. The van der Waals surface area contributed by atoms with E-state index in [0.29, 0.717) is 0 Å². The first-order valence-electron chi connectivity index (χ1n) is 7.76. The maximum Gasteiger partial charge on any atom is 0.00249 e. The van der Waals surface area contributed by atoms with Crippen LogP contribution < -0.4 is 5.32 Å². The zero-order valence-electron chi connectivity index (χ0n) is 11.3. The molecule has 2 heteroatoms. The summed E-state index contributed by atoms with van der Waals surface area (Å²) < 4.78 is 0. The van der Waals surface area contributed by atoms with Crippen LogP contribution in [0.15, 0.2) is 0 Å². The van der Waals surface area contributed by atoms with Gasteiger partial charge >= 0.3 is 0 Å². The SMILES string of the molecule is C[C@@H]1CNC[C@H]1CN1CCC2CCCCC2C1. The summed E-state index contributed by atoms with van der Waals surface area (Å²) >= 11 is 0. The number of rotatable bonds is 2. The molecule has 0 bridgehead atoms. The predicted molar refractivity (Wildman–Crippen MR) is 72.0 cm³/mol. The van der Waals surface area contributed by atoms with Crippen LogP contribution in [0.25, 0.3) is 0 Å². The Morgan fingerprint density at radius 1 is 1.06 bits per heavy atom. The Labute approximate surface area is 106 Å². The van der Waals surface area contributed by atoms with Gasteiger partial charge in [-0.25, -0.2) is 0 Å². The van der Waals surface area contributed by atoms with Crippen LogP contribution in [0.1, 0.15) is 39.0 Å². The van der Waals surface area contributed by atoms with Crippen LogP contribution in [-0.4, -0.2) is 37.6 Å². The van der Waals surface area contributed by atoms with Crippen molar-refractivity contribution in [2.24, 2.45) is 23.7 Å². The fraction of sp³-hybridized carbons (Fsp3) is 1.00. The van der Waals surface area contributed by atoms with E-state index >= 15 is 0 Å². The molecule has 1 aliphatic carbocycles. The van der Waals surface area contributed by atoms with Crippen molar-refractivity contribution in [3.8, 4) is 0 Å². The number of hydrogen-bond donors (Lipinski definition) is 1. The average Bonchev–Trinajstić information content (AvgIpc) is 2.75. The summed E-state index contributed by atoms with van der Waals surface area (Å²) in [6, 6.07) is 0. The topological polar surface area (TPSA) is 15.3 Å². The van der Waals surface area contributed by atoms with E-state index in [1.807, 2.05) is 0 Å². The summed E-state index contributed by atoms with van der Waals surface area (Å²) in [6.45, 7) is 9.06. The molecular formula is C15H28N2. The highest BCUT2D eigenvalue weighted by molar-refractivity contribution is 4.87. The van der Waals surface area contributed by atoms with Crippen LogP contribution >= 0.6 is 0 Å². The molecule has 17 heavy (non-hydrogen) atoms. The molecule has 0 amide bonds. The number of nitrogens with zero attached hydrogens (tertiary/aromatic N) is 1. The Morgan fingerprint density at radius 2 is 1.88 bits per heavy atom.